The van der Waals surface area contributed by atoms with Gasteiger partial charge < -0.3 is 9.73 Å². The molecule has 0 saturated heterocycles. The number of furan rings is 1. The molecular formula is C20H19NO2. The van der Waals surface area contributed by atoms with E-state index in [1.165, 1.54) is 0 Å². The van der Waals surface area contributed by atoms with Gasteiger partial charge in [0.25, 0.3) is 5.91 Å². The second-order valence-corrected chi connectivity index (χ2v) is 5.71. The van der Waals surface area contributed by atoms with E-state index in [0.717, 1.165) is 16.7 Å². The lowest BCUT2D eigenvalue weighted by atomic mass is 10.0. The number of carbonyl (C=O) groups excluding carboxylic acids is 1. The van der Waals surface area contributed by atoms with Crippen LogP contribution in [0.1, 0.15) is 38.9 Å². The average Bonchev–Trinajstić information content (AvgIpc) is 3.06. The van der Waals surface area contributed by atoms with E-state index in [-0.39, 0.29) is 11.9 Å². The van der Waals surface area contributed by atoms with Crippen LogP contribution in [0.5, 0.6) is 0 Å². The minimum atomic E-state index is -0.306. The van der Waals surface area contributed by atoms with E-state index < -0.39 is 0 Å². The van der Waals surface area contributed by atoms with Crippen molar-refractivity contribution in [3.63, 3.8) is 0 Å². The summed E-state index contributed by atoms with van der Waals surface area (Å²) >= 11 is 0. The molecule has 0 saturated carbocycles. The van der Waals surface area contributed by atoms with Crippen LogP contribution < -0.4 is 5.32 Å². The highest BCUT2D eigenvalue weighted by Gasteiger charge is 2.20. The van der Waals surface area contributed by atoms with Crippen LogP contribution in [0.3, 0.4) is 0 Å². The molecule has 0 fully saturated rings. The van der Waals surface area contributed by atoms with E-state index in [1.807, 2.05) is 68.4 Å². The molecule has 1 atom stereocenters. The molecule has 1 heterocycles. The fraction of sp³-hybridized carbons (Fsp3) is 0.150. The van der Waals surface area contributed by atoms with Gasteiger partial charge in [0.2, 0.25) is 0 Å². The first-order chi connectivity index (χ1) is 11.1. The molecule has 0 radical (unpaired) electrons. The number of hydrogen-bond donors (Lipinski definition) is 1. The molecule has 1 aromatic heterocycles. The fourth-order valence-electron chi connectivity index (χ4n) is 2.74. The Morgan fingerprint density at radius 2 is 1.65 bits per heavy atom. The molecule has 0 bridgehead atoms. The summed E-state index contributed by atoms with van der Waals surface area (Å²) in [6.45, 7) is 3.98. The Balaban J connectivity index is 1.91. The highest BCUT2D eigenvalue weighted by Crippen LogP contribution is 2.23. The summed E-state index contributed by atoms with van der Waals surface area (Å²) in [5.41, 5.74) is 3.80. The molecule has 1 amide bonds. The van der Waals surface area contributed by atoms with Gasteiger partial charge >= 0.3 is 0 Å². The van der Waals surface area contributed by atoms with Crippen molar-refractivity contribution in [1.29, 1.82) is 0 Å². The second kappa shape index (κ2) is 6.53. The Labute approximate surface area is 136 Å². The third-order valence-corrected chi connectivity index (χ3v) is 3.72. The van der Waals surface area contributed by atoms with Gasteiger partial charge in [0.05, 0.1) is 6.26 Å². The van der Waals surface area contributed by atoms with Crippen molar-refractivity contribution in [2.24, 2.45) is 0 Å². The van der Waals surface area contributed by atoms with Gasteiger partial charge in [0, 0.05) is 5.56 Å². The van der Waals surface area contributed by atoms with Gasteiger partial charge in [0.15, 0.2) is 0 Å². The van der Waals surface area contributed by atoms with Gasteiger partial charge in [-0.2, -0.15) is 0 Å². The van der Waals surface area contributed by atoms with Crippen molar-refractivity contribution in [2.45, 2.75) is 19.9 Å². The van der Waals surface area contributed by atoms with E-state index in [4.69, 9.17) is 4.42 Å². The SMILES string of the molecule is Cc1cc(C)cc(C(=O)N[C@H](c2ccccc2)c2ccco2)c1. The Morgan fingerprint density at radius 3 is 2.26 bits per heavy atom. The zero-order valence-electron chi connectivity index (χ0n) is 13.2. The molecule has 2 aromatic carbocycles. The van der Waals surface area contributed by atoms with Crippen LogP contribution >= 0.6 is 0 Å². The highest BCUT2D eigenvalue weighted by molar-refractivity contribution is 5.95. The van der Waals surface area contributed by atoms with Crippen LogP contribution in [0, 0.1) is 13.8 Å². The summed E-state index contributed by atoms with van der Waals surface area (Å²) in [4.78, 5) is 12.7. The van der Waals surface area contributed by atoms with Crippen molar-refractivity contribution < 1.29 is 9.21 Å². The third kappa shape index (κ3) is 3.51. The second-order valence-electron chi connectivity index (χ2n) is 5.71. The standard InChI is InChI=1S/C20H19NO2/c1-14-11-15(2)13-17(12-14)20(22)21-19(18-9-6-10-23-18)16-7-4-3-5-8-16/h3-13,19H,1-2H3,(H,21,22)/t19-/m1/s1. The Morgan fingerprint density at radius 1 is 0.957 bits per heavy atom. The monoisotopic (exact) mass is 305 g/mol. The van der Waals surface area contributed by atoms with Crippen LogP contribution in [-0.2, 0) is 0 Å². The predicted molar refractivity (Wildman–Crippen MR) is 90.4 cm³/mol. The van der Waals surface area contributed by atoms with Gasteiger partial charge in [-0.15, -0.1) is 0 Å². The number of nitrogens with one attached hydrogen (secondary N) is 1. The number of aryl methyl sites for hydroxylation is 2. The maximum absolute atomic E-state index is 12.7. The van der Waals surface area contributed by atoms with Crippen molar-refractivity contribution in [1.82, 2.24) is 5.32 Å². The molecule has 1 N–H and O–H groups in total. The third-order valence-electron chi connectivity index (χ3n) is 3.72. The minimum absolute atomic E-state index is 0.109. The molecule has 0 aliphatic heterocycles. The van der Waals surface area contributed by atoms with Crippen molar-refractivity contribution in [3.05, 3.63) is 94.9 Å². The maximum atomic E-state index is 12.7. The zero-order valence-corrected chi connectivity index (χ0v) is 13.2. The maximum Gasteiger partial charge on any atom is 0.252 e. The first kappa shape index (κ1) is 15.1. The largest absolute Gasteiger partial charge is 0.467 e. The van der Waals surface area contributed by atoms with E-state index in [1.54, 1.807) is 6.26 Å². The number of benzene rings is 2. The summed E-state index contributed by atoms with van der Waals surface area (Å²) in [5.74, 6) is 0.607. The zero-order chi connectivity index (χ0) is 16.2. The number of carbonyl (C=O) groups is 1. The molecule has 0 unspecified atom stereocenters. The minimum Gasteiger partial charge on any atom is -0.467 e. The normalized spacial score (nSPS) is 11.9. The Bertz CT molecular complexity index is 772. The van der Waals surface area contributed by atoms with Crippen molar-refractivity contribution >= 4 is 5.91 Å². The molecular weight excluding hydrogens is 286 g/mol. The number of rotatable bonds is 4. The van der Waals surface area contributed by atoms with Crippen LogP contribution in [0.4, 0.5) is 0 Å². The lowest BCUT2D eigenvalue weighted by Gasteiger charge is -2.17. The van der Waals surface area contributed by atoms with Crippen LogP contribution in [0.25, 0.3) is 0 Å². The first-order valence-electron chi connectivity index (χ1n) is 7.61. The van der Waals surface area contributed by atoms with Crippen LogP contribution in [-0.4, -0.2) is 5.91 Å². The molecule has 23 heavy (non-hydrogen) atoms. The number of amides is 1. The summed E-state index contributed by atoms with van der Waals surface area (Å²) in [6.07, 6.45) is 1.62. The molecule has 3 nitrogen and oxygen atoms in total. The topological polar surface area (TPSA) is 42.2 Å². The van der Waals surface area contributed by atoms with Crippen molar-refractivity contribution in [3.8, 4) is 0 Å². The van der Waals surface area contributed by atoms with Gasteiger partial charge in [0.1, 0.15) is 11.8 Å². The molecule has 3 rings (SSSR count). The average molecular weight is 305 g/mol. The molecule has 0 spiro atoms. The quantitative estimate of drug-likeness (QED) is 0.775. The lowest BCUT2D eigenvalue weighted by Crippen LogP contribution is -2.29. The van der Waals surface area contributed by atoms with E-state index in [0.29, 0.717) is 11.3 Å². The fourth-order valence-corrected chi connectivity index (χ4v) is 2.74. The highest BCUT2D eigenvalue weighted by atomic mass is 16.3. The predicted octanol–water partition coefficient (Wildman–Crippen LogP) is 4.42. The smallest absolute Gasteiger partial charge is 0.252 e. The van der Waals surface area contributed by atoms with E-state index in [9.17, 15) is 4.79 Å². The Hall–Kier alpha value is -2.81. The molecule has 0 aliphatic carbocycles. The van der Waals surface area contributed by atoms with Gasteiger partial charge in [-0.3, -0.25) is 4.79 Å². The molecule has 0 aliphatic rings. The summed E-state index contributed by atoms with van der Waals surface area (Å²) in [5, 5.41) is 3.07. The molecule has 3 aromatic rings. The first-order valence-corrected chi connectivity index (χ1v) is 7.61. The summed E-state index contributed by atoms with van der Waals surface area (Å²) in [7, 11) is 0. The van der Waals surface area contributed by atoms with Gasteiger partial charge in [-0.05, 0) is 43.7 Å². The van der Waals surface area contributed by atoms with Gasteiger partial charge in [-0.25, -0.2) is 0 Å². The molecule has 3 heteroatoms. The number of hydrogen-bond acceptors (Lipinski definition) is 2. The summed E-state index contributed by atoms with van der Waals surface area (Å²) < 4.78 is 5.52. The summed E-state index contributed by atoms with van der Waals surface area (Å²) in [6, 6.07) is 19.1. The lowest BCUT2D eigenvalue weighted by molar-refractivity contribution is 0.0939. The molecule has 116 valence electrons. The van der Waals surface area contributed by atoms with Gasteiger partial charge in [-0.1, -0.05) is 47.5 Å². The van der Waals surface area contributed by atoms with Crippen LogP contribution in [0.15, 0.2) is 71.3 Å². The van der Waals surface area contributed by atoms with Crippen molar-refractivity contribution in [2.75, 3.05) is 0 Å². The van der Waals surface area contributed by atoms with E-state index in [2.05, 4.69) is 11.4 Å². The van der Waals surface area contributed by atoms with Crippen LogP contribution in [0.2, 0.25) is 0 Å². The van der Waals surface area contributed by atoms with E-state index >= 15 is 0 Å². The Kier molecular flexibility index (Phi) is 4.29.